The van der Waals surface area contributed by atoms with Crippen molar-refractivity contribution < 1.29 is 19.1 Å². The first-order valence-corrected chi connectivity index (χ1v) is 10.4. The molecular weight excluding hydrogens is 316 g/mol. The normalized spacial score (nSPS) is 10.9. The molecule has 0 saturated carbocycles. The van der Waals surface area contributed by atoms with Gasteiger partial charge in [0.2, 0.25) is 0 Å². The summed E-state index contributed by atoms with van der Waals surface area (Å²) in [5, 5.41) is 0. The second kappa shape index (κ2) is 17.8. The van der Waals surface area contributed by atoms with Crippen LogP contribution in [0.15, 0.2) is 0 Å². The molecule has 0 atom stereocenters. The predicted octanol–water partition coefficient (Wildman–Crippen LogP) is 5.82. The zero-order valence-electron chi connectivity index (χ0n) is 16.8. The third-order valence-electron chi connectivity index (χ3n) is 4.10. The molecule has 0 aliphatic heterocycles. The number of esters is 2. The van der Waals surface area contributed by atoms with Crippen molar-refractivity contribution in [3.8, 4) is 0 Å². The Morgan fingerprint density at radius 2 is 1.16 bits per heavy atom. The predicted molar refractivity (Wildman–Crippen MR) is 102 cm³/mol. The average Bonchev–Trinajstić information content (AvgIpc) is 2.58. The summed E-state index contributed by atoms with van der Waals surface area (Å²) in [6.07, 6.45) is 13.8. The number of hydrogen-bond donors (Lipinski definition) is 0. The van der Waals surface area contributed by atoms with Crippen molar-refractivity contribution in [2.24, 2.45) is 5.92 Å². The molecular formula is C21H40O4. The van der Waals surface area contributed by atoms with Crippen molar-refractivity contribution in [2.75, 3.05) is 13.2 Å². The van der Waals surface area contributed by atoms with E-state index in [1.807, 2.05) is 13.8 Å². The maximum Gasteiger partial charge on any atom is 0.305 e. The second-order valence-electron chi connectivity index (χ2n) is 7.33. The third-order valence-corrected chi connectivity index (χ3v) is 4.10. The Labute approximate surface area is 155 Å². The molecule has 0 bridgehead atoms. The van der Waals surface area contributed by atoms with Gasteiger partial charge < -0.3 is 9.47 Å². The van der Waals surface area contributed by atoms with E-state index in [1.54, 1.807) is 0 Å². The zero-order valence-corrected chi connectivity index (χ0v) is 16.8. The van der Waals surface area contributed by atoms with Crippen molar-refractivity contribution >= 4 is 11.9 Å². The molecule has 0 aromatic rings. The van der Waals surface area contributed by atoms with Crippen LogP contribution < -0.4 is 0 Å². The van der Waals surface area contributed by atoms with Crippen LogP contribution in [0.25, 0.3) is 0 Å². The standard InChI is InChI=1S/C21H40O4/c1-4-5-6-7-8-9-10-11-12-13-17-24-20(22)15-14-16-21(23)25-18-19(2)3/h19H,4-18H2,1-3H3. The molecule has 0 amide bonds. The minimum absolute atomic E-state index is 0.201. The van der Waals surface area contributed by atoms with E-state index >= 15 is 0 Å². The van der Waals surface area contributed by atoms with Crippen LogP contribution in [0.5, 0.6) is 0 Å². The van der Waals surface area contributed by atoms with E-state index in [0.29, 0.717) is 38.4 Å². The first kappa shape index (κ1) is 23.9. The number of hydrogen-bond acceptors (Lipinski definition) is 4. The molecule has 0 radical (unpaired) electrons. The van der Waals surface area contributed by atoms with Gasteiger partial charge in [-0.15, -0.1) is 0 Å². The van der Waals surface area contributed by atoms with Crippen molar-refractivity contribution in [1.29, 1.82) is 0 Å². The van der Waals surface area contributed by atoms with Crippen LogP contribution in [0.1, 0.15) is 104 Å². The maximum atomic E-state index is 11.6. The molecule has 148 valence electrons. The summed E-state index contributed by atoms with van der Waals surface area (Å²) in [6, 6.07) is 0. The Morgan fingerprint density at radius 3 is 1.68 bits per heavy atom. The Hall–Kier alpha value is -1.06. The summed E-state index contributed by atoms with van der Waals surface area (Å²) in [6.45, 7) is 7.19. The molecule has 0 fully saturated rings. The van der Waals surface area contributed by atoms with Gasteiger partial charge in [0.25, 0.3) is 0 Å². The Morgan fingerprint density at radius 1 is 0.680 bits per heavy atom. The van der Waals surface area contributed by atoms with Crippen molar-refractivity contribution in [2.45, 2.75) is 104 Å². The van der Waals surface area contributed by atoms with Gasteiger partial charge in [0.1, 0.15) is 0 Å². The zero-order chi connectivity index (χ0) is 18.8. The van der Waals surface area contributed by atoms with Gasteiger partial charge in [0, 0.05) is 12.8 Å². The summed E-state index contributed by atoms with van der Waals surface area (Å²) < 4.78 is 10.3. The van der Waals surface area contributed by atoms with Crippen LogP contribution in [0.4, 0.5) is 0 Å². The topological polar surface area (TPSA) is 52.6 Å². The molecule has 0 aromatic heterocycles. The van der Waals surface area contributed by atoms with Crippen LogP contribution in [0.3, 0.4) is 0 Å². The fourth-order valence-corrected chi connectivity index (χ4v) is 2.56. The maximum absolute atomic E-state index is 11.6. The summed E-state index contributed by atoms with van der Waals surface area (Å²) in [5.41, 5.74) is 0. The van der Waals surface area contributed by atoms with E-state index < -0.39 is 0 Å². The van der Waals surface area contributed by atoms with E-state index in [4.69, 9.17) is 9.47 Å². The van der Waals surface area contributed by atoms with E-state index in [2.05, 4.69) is 6.92 Å². The monoisotopic (exact) mass is 356 g/mol. The lowest BCUT2D eigenvalue weighted by molar-refractivity contribution is -0.146. The molecule has 0 saturated heterocycles. The molecule has 25 heavy (non-hydrogen) atoms. The van der Waals surface area contributed by atoms with Gasteiger partial charge in [-0.25, -0.2) is 0 Å². The molecule has 4 heteroatoms. The first-order valence-electron chi connectivity index (χ1n) is 10.4. The van der Waals surface area contributed by atoms with E-state index in [1.165, 1.54) is 51.4 Å². The Kier molecular flexibility index (Phi) is 17.0. The number of rotatable bonds is 17. The van der Waals surface area contributed by atoms with Crippen molar-refractivity contribution in [1.82, 2.24) is 0 Å². The van der Waals surface area contributed by atoms with Gasteiger partial charge in [0.15, 0.2) is 0 Å². The highest BCUT2D eigenvalue weighted by Crippen LogP contribution is 2.10. The van der Waals surface area contributed by atoms with Crippen molar-refractivity contribution in [3.05, 3.63) is 0 Å². The number of unbranched alkanes of at least 4 members (excludes halogenated alkanes) is 9. The van der Waals surface area contributed by atoms with Crippen molar-refractivity contribution in [3.63, 3.8) is 0 Å². The SMILES string of the molecule is CCCCCCCCCCCCOC(=O)CCCC(=O)OCC(C)C. The number of carbonyl (C=O) groups excluding carboxylic acids is 2. The fraction of sp³-hybridized carbons (Fsp3) is 0.905. The van der Waals surface area contributed by atoms with Crippen LogP contribution >= 0.6 is 0 Å². The fourth-order valence-electron chi connectivity index (χ4n) is 2.56. The van der Waals surface area contributed by atoms with Crippen LogP contribution in [0, 0.1) is 5.92 Å². The van der Waals surface area contributed by atoms with E-state index in [-0.39, 0.29) is 11.9 Å². The first-order chi connectivity index (χ1) is 12.1. The van der Waals surface area contributed by atoms with Crippen LogP contribution in [0.2, 0.25) is 0 Å². The van der Waals surface area contributed by atoms with Gasteiger partial charge in [-0.2, -0.15) is 0 Å². The lowest BCUT2D eigenvalue weighted by atomic mass is 10.1. The van der Waals surface area contributed by atoms with Gasteiger partial charge in [-0.1, -0.05) is 78.6 Å². The van der Waals surface area contributed by atoms with E-state index in [0.717, 1.165) is 12.8 Å². The third kappa shape index (κ3) is 19.1. The van der Waals surface area contributed by atoms with Crippen LogP contribution in [-0.4, -0.2) is 25.2 Å². The number of carbonyl (C=O) groups is 2. The molecule has 0 heterocycles. The highest BCUT2D eigenvalue weighted by atomic mass is 16.5. The van der Waals surface area contributed by atoms with Gasteiger partial charge >= 0.3 is 11.9 Å². The van der Waals surface area contributed by atoms with Gasteiger partial charge in [-0.05, 0) is 18.8 Å². The highest BCUT2D eigenvalue weighted by molar-refractivity contribution is 5.72. The number of ether oxygens (including phenoxy) is 2. The summed E-state index contributed by atoms with van der Waals surface area (Å²) in [4.78, 5) is 23.0. The molecule has 0 N–H and O–H groups in total. The van der Waals surface area contributed by atoms with Gasteiger partial charge in [0.05, 0.1) is 13.2 Å². The second-order valence-corrected chi connectivity index (χ2v) is 7.33. The molecule has 0 aromatic carbocycles. The lowest BCUT2D eigenvalue weighted by Gasteiger charge is -2.07. The molecule has 0 rings (SSSR count). The Bertz CT molecular complexity index is 326. The smallest absolute Gasteiger partial charge is 0.305 e. The Balaban J connectivity index is 3.29. The minimum atomic E-state index is -0.226. The highest BCUT2D eigenvalue weighted by Gasteiger charge is 2.08. The average molecular weight is 357 g/mol. The minimum Gasteiger partial charge on any atom is -0.466 e. The molecule has 0 aliphatic carbocycles. The largest absolute Gasteiger partial charge is 0.466 e. The summed E-state index contributed by atoms with van der Waals surface area (Å²) in [7, 11) is 0. The van der Waals surface area contributed by atoms with E-state index in [9.17, 15) is 9.59 Å². The molecule has 0 spiro atoms. The molecule has 0 aliphatic rings. The molecule has 4 nitrogen and oxygen atoms in total. The lowest BCUT2D eigenvalue weighted by Crippen LogP contribution is -2.11. The summed E-state index contributed by atoms with van der Waals surface area (Å²) in [5.74, 6) is -0.0845. The quantitative estimate of drug-likeness (QED) is 0.243. The summed E-state index contributed by atoms with van der Waals surface area (Å²) >= 11 is 0. The van der Waals surface area contributed by atoms with Gasteiger partial charge in [-0.3, -0.25) is 9.59 Å². The molecule has 0 unspecified atom stereocenters. The van der Waals surface area contributed by atoms with Crippen LogP contribution in [-0.2, 0) is 19.1 Å².